The quantitative estimate of drug-likeness (QED) is 0.212. The molecular weight excluding hydrogens is 517 g/mol. The van der Waals surface area contributed by atoms with E-state index in [-0.39, 0.29) is 41.4 Å². The first kappa shape index (κ1) is 29.0. The van der Waals surface area contributed by atoms with Crippen LogP contribution in [0.3, 0.4) is 0 Å². The van der Waals surface area contributed by atoms with Crippen LogP contribution >= 0.6 is 24.0 Å². The van der Waals surface area contributed by atoms with E-state index in [1.165, 1.54) is 11.1 Å². The molecule has 1 saturated heterocycles. The second-order valence-corrected chi connectivity index (χ2v) is 8.83. The number of aliphatic hydroxyl groups excluding tert-OH is 1. The van der Waals surface area contributed by atoms with Crippen LogP contribution in [0.25, 0.3) is 0 Å². The molecule has 0 amide bonds. The number of rotatable bonds is 11. The van der Waals surface area contributed by atoms with Gasteiger partial charge in [-0.1, -0.05) is 31.5 Å². The second kappa shape index (κ2) is 14.3. The molecule has 1 aromatic rings. The minimum absolute atomic E-state index is 0. The summed E-state index contributed by atoms with van der Waals surface area (Å²) in [6, 6.07) is 6.44. The molecule has 1 fully saturated rings. The average molecular weight is 562 g/mol. The Hall–Kier alpha value is -1.06. The summed E-state index contributed by atoms with van der Waals surface area (Å²) < 4.78 is 11.5. The molecule has 2 rings (SSSR count). The van der Waals surface area contributed by atoms with Crippen molar-refractivity contribution in [3.05, 3.63) is 29.3 Å². The van der Waals surface area contributed by atoms with Crippen LogP contribution in [0.2, 0.25) is 0 Å². The van der Waals surface area contributed by atoms with E-state index in [2.05, 4.69) is 56.5 Å². The van der Waals surface area contributed by atoms with E-state index >= 15 is 0 Å². The van der Waals surface area contributed by atoms with Crippen molar-refractivity contribution >= 4 is 29.9 Å². The number of halogens is 1. The minimum atomic E-state index is -0.0660. The van der Waals surface area contributed by atoms with Gasteiger partial charge in [-0.2, -0.15) is 0 Å². The molecule has 6 nitrogen and oxygen atoms in total. The summed E-state index contributed by atoms with van der Waals surface area (Å²) in [7, 11) is 1.75. The fourth-order valence-electron chi connectivity index (χ4n) is 4.52. The number of methoxy groups -OCH3 is 1. The van der Waals surface area contributed by atoms with Gasteiger partial charge < -0.3 is 25.2 Å². The van der Waals surface area contributed by atoms with Gasteiger partial charge in [0, 0.05) is 50.4 Å². The van der Waals surface area contributed by atoms with Crippen molar-refractivity contribution in [1.29, 1.82) is 0 Å². The topological polar surface area (TPSA) is 75.1 Å². The predicted molar refractivity (Wildman–Crippen MR) is 144 cm³/mol. The van der Waals surface area contributed by atoms with Crippen LogP contribution in [0.1, 0.15) is 64.0 Å². The molecule has 1 heterocycles. The monoisotopic (exact) mass is 561 g/mol. The molecule has 0 bridgehead atoms. The standard InChI is InChI=1S/C25H43N3O3.HI/c1-6-24(7-2,11-14-29)18-27-23(26-8-3)28-19-25(12-15-31-16-13-25)21-17-20(4)9-10-22(21)30-5;/h9-10,17,29H,6-8,11-16,18-19H2,1-5H3,(H2,26,27,28);1H. The van der Waals surface area contributed by atoms with Crippen molar-refractivity contribution in [2.75, 3.05) is 46.6 Å². The van der Waals surface area contributed by atoms with Gasteiger partial charge in [0.1, 0.15) is 5.75 Å². The highest BCUT2D eigenvalue weighted by Crippen LogP contribution is 2.40. The number of aryl methyl sites for hydroxylation is 1. The van der Waals surface area contributed by atoms with Crippen LogP contribution < -0.4 is 15.4 Å². The molecule has 0 aliphatic carbocycles. The van der Waals surface area contributed by atoms with Crippen LogP contribution in [0.4, 0.5) is 0 Å². The third-order valence-corrected chi connectivity index (χ3v) is 7.03. The third kappa shape index (κ3) is 7.48. The van der Waals surface area contributed by atoms with Crippen molar-refractivity contribution in [3.63, 3.8) is 0 Å². The summed E-state index contributed by atoms with van der Waals surface area (Å²) in [4.78, 5) is 4.94. The molecule has 1 aliphatic heterocycles. The number of nitrogens with one attached hydrogen (secondary N) is 2. The van der Waals surface area contributed by atoms with Crippen LogP contribution in [0.5, 0.6) is 5.75 Å². The highest BCUT2D eigenvalue weighted by molar-refractivity contribution is 14.0. The maximum Gasteiger partial charge on any atom is 0.191 e. The van der Waals surface area contributed by atoms with Gasteiger partial charge in [-0.25, -0.2) is 0 Å². The molecule has 184 valence electrons. The zero-order chi connectivity index (χ0) is 22.7. The Morgan fingerprint density at radius 1 is 1.19 bits per heavy atom. The molecule has 0 radical (unpaired) electrons. The lowest BCUT2D eigenvalue weighted by atomic mass is 9.73. The summed E-state index contributed by atoms with van der Waals surface area (Å²) in [5.41, 5.74) is 2.47. The molecule has 0 atom stereocenters. The molecule has 32 heavy (non-hydrogen) atoms. The SMILES string of the molecule is CCNC(=NCC(CC)(CC)CCO)NCC1(c2cc(C)ccc2OC)CCOCC1.I. The highest BCUT2D eigenvalue weighted by atomic mass is 127. The van der Waals surface area contributed by atoms with Crippen LogP contribution in [0, 0.1) is 12.3 Å². The molecule has 0 aromatic heterocycles. The van der Waals surface area contributed by atoms with Crippen LogP contribution in [-0.4, -0.2) is 57.6 Å². The van der Waals surface area contributed by atoms with Gasteiger partial charge in [0.15, 0.2) is 5.96 Å². The van der Waals surface area contributed by atoms with E-state index in [1.807, 2.05) is 0 Å². The van der Waals surface area contributed by atoms with Crippen molar-refractivity contribution in [1.82, 2.24) is 10.6 Å². The van der Waals surface area contributed by atoms with E-state index in [9.17, 15) is 5.11 Å². The Kier molecular flexibility index (Phi) is 12.9. The van der Waals surface area contributed by atoms with E-state index in [0.717, 1.165) is 70.1 Å². The first-order valence-electron chi connectivity index (χ1n) is 11.8. The van der Waals surface area contributed by atoms with E-state index in [0.29, 0.717) is 6.54 Å². The number of guanidine groups is 1. The number of aliphatic hydroxyl groups is 1. The fraction of sp³-hybridized carbons (Fsp3) is 0.720. The molecule has 0 spiro atoms. The lowest BCUT2D eigenvalue weighted by Gasteiger charge is -2.39. The van der Waals surface area contributed by atoms with Gasteiger partial charge in [-0.3, -0.25) is 4.99 Å². The van der Waals surface area contributed by atoms with E-state index in [1.54, 1.807) is 7.11 Å². The maximum absolute atomic E-state index is 9.53. The van der Waals surface area contributed by atoms with Gasteiger partial charge in [0.25, 0.3) is 0 Å². The van der Waals surface area contributed by atoms with Gasteiger partial charge in [0.2, 0.25) is 0 Å². The molecule has 7 heteroatoms. The Labute approximate surface area is 212 Å². The summed E-state index contributed by atoms with van der Waals surface area (Å²) >= 11 is 0. The number of hydrogen-bond donors (Lipinski definition) is 3. The lowest BCUT2D eigenvalue weighted by molar-refractivity contribution is 0.0505. The summed E-state index contributed by atoms with van der Waals surface area (Å²) in [5.74, 6) is 1.78. The molecule has 1 aliphatic rings. The number of ether oxygens (including phenoxy) is 2. The number of hydrogen-bond acceptors (Lipinski definition) is 4. The smallest absolute Gasteiger partial charge is 0.191 e. The largest absolute Gasteiger partial charge is 0.496 e. The summed E-state index contributed by atoms with van der Waals surface area (Å²) in [6.45, 7) is 12.6. The summed E-state index contributed by atoms with van der Waals surface area (Å²) in [5, 5.41) is 16.6. The Morgan fingerprint density at radius 3 is 2.44 bits per heavy atom. The van der Waals surface area contributed by atoms with Gasteiger partial charge in [0.05, 0.1) is 7.11 Å². The Bertz CT molecular complexity index is 702. The second-order valence-electron chi connectivity index (χ2n) is 8.83. The number of nitrogens with zero attached hydrogens (tertiary/aromatic N) is 1. The lowest BCUT2D eigenvalue weighted by Crippen LogP contribution is -2.48. The highest BCUT2D eigenvalue weighted by Gasteiger charge is 2.37. The zero-order valence-electron chi connectivity index (χ0n) is 20.6. The van der Waals surface area contributed by atoms with Crippen molar-refractivity contribution in [2.45, 2.75) is 65.2 Å². The normalized spacial score (nSPS) is 16.2. The van der Waals surface area contributed by atoms with Crippen LogP contribution in [-0.2, 0) is 10.2 Å². The first-order valence-corrected chi connectivity index (χ1v) is 11.8. The summed E-state index contributed by atoms with van der Waals surface area (Å²) in [6.07, 6.45) is 4.68. The first-order chi connectivity index (χ1) is 15.0. The molecule has 0 unspecified atom stereocenters. The molecule has 0 saturated carbocycles. The third-order valence-electron chi connectivity index (χ3n) is 7.03. The number of benzene rings is 1. The van der Waals surface area contributed by atoms with Crippen molar-refractivity contribution in [3.8, 4) is 5.75 Å². The fourth-order valence-corrected chi connectivity index (χ4v) is 4.52. The molecule has 1 aromatic carbocycles. The molecule has 3 N–H and O–H groups in total. The average Bonchev–Trinajstić information content (AvgIpc) is 2.80. The zero-order valence-corrected chi connectivity index (χ0v) is 23.0. The Morgan fingerprint density at radius 2 is 1.88 bits per heavy atom. The Balaban J connectivity index is 0.00000512. The molecular formula is C25H44IN3O3. The van der Waals surface area contributed by atoms with Gasteiger partial charge >= 0.3 is 0 Å². The van der Waals surface area contributed by atoms with Gasteiger partial charge in [-0.05, 0) is 57.4 Å². The van der Waals surface area contributed by atoms with Gasteiger partial charge in [-0.15, -0.1) is 24.0 Å². The van der Waals surface area contributed by atoms with Crippen molar-refractivity contribution < 1.29 is 14.6 Å². The maximum atomic E-state index is 9.53. The number of aliphatic imine (C=N–C) groups is 1. The van der Waals surface area contributed by atoms with E-state index < -0.39 is 0 Å². The van der Waals surface area contributed by atoms with Crippen LogP contribution in [0.15, 0.2) is 23.2 Å². The predicted octanol–water partition coefficient (Wildman–Crippen LogP) is 4.41. The minimum Gasteiger partial charge on any atom is -0.496 e. The van der Waals surface area contributed by atoms with E-state index in [4.69, 9.17) is 14.5 Å². The van der Waals surface area contributed by atoms with Crippen molar-refractivity contribution in [2.24, 2.45) is 10.4 Å².